The second-order valence-corrected chi connectivity index (χ2v) is 7.77. The van der Waals surface area contributed by atoms with Gasteiger partial charge >= 0.3 is 0 Å². The van der Waals surface area contributed by atoms with E-state index < -0.39 is 10.0 Å². The lowest BCUT2D eigenvalue weighted by molar-refractivity contribution is 0.205. The Bertz CT molecular complexity index is 883. The van der Waals surface area contributed by atoms with E-state index in [1.807, 2.05) is 24.3 Å². The van der Waals surface area contributed by atoms with Crippen molar-refractivity contribution in [1.82, 2.24) is 14.3 Å². The molecule has 1 atom stereocenters. The molecule has 1 fully saturated rings. The minimum Gasteiger partial charge on any atom is -0.492 e. The van der Waals surface area contributed by atoms with Crippen molar-refractivity contribution in [3.8, 4) is 17.7 Å². The van der Waals surface area contributed by atoms with E-state index in [2.05, 4.69) is 9.97 Å². The fraction of sp³-hybridized carbons (Fsp3) is 0.353. The monoisotopic (exact) mass is 374 g/mol. The van der Waals surface area contributed by atoms with Crippen molar-refractivity contribution in [3.05, 3.63) is 48.4 Å². The van der Waals surface area contributed by atoms with Crippen LogP contribution in [0.15, 0.2) is 42.7 Å². The summed E-state index contributed by atoms with van der Waals surface area (Å²) >= 11 is 0. The highest BCUT2D eigenvalue weighted by atomic mass is 32.2. The Hall–Kier alpha value is -2.70. The molecule has 1 saturated heterocycles. The number of ether oxygens (including phenoxy) is 2. The molecule has 8 nitrogen and oxygen atoms in total. The van der Waals surface area contributed by atoms with Crippen LogP contribution in [0.2, 0.25) is 0 Å². The Kier molecular flexibility index (Phi) is 5.65. The van der Waals surface area contributed by atoms with Gasteiger partial charge in [0.25, 0.3) is 5.88 Å². The zero-order valence-electron chi connectivity index (χ0n) is 14.0. The molecular formula is C17H18N4O4S. The lowest BCUT2D eigenvalue weighted by atomic mass is 10.3. The van der Waals surface area contributed by atoms with E-state index in [1.165, 1.54) is 16.7 Å². The van der Waals surface area contributed by atoms with E-state index in [1.54, 1.807) is 12.1 Å². The molecular weight excluding hydrogens is 356 g/mol. The van der Waals surface area contributed by atoms with Crippen LogP contribution in [0.3, 0.4) is 0 Å². The SMILES string of the molecule is N#Cc1nccnc1OC1CCN(S(=O)(=O)CCOc2ccccc2)C1. The van der Waals surface area contributed by atoms with E-state index in [0.717, 1.165) is 0 Å². The van der Waals surface area contributed by atoms with Crippen LogP contribution in [0.5, 0.6) is 11.6 Å². The van der Waals surface area contributed by atoms with Crippen molar-refractivity contribution >= 4 is 10.0 Å². The number of sulfonamides is 1. The molecule has 1 aromatic carbocycles. The standard InChI is InChI=1S/C17H18N4O4S/c18-12-16-17(20-8-7-19-16)25-15-6-9-21(13-15)26(22,23)11-10-24-14-4-2-1-3-5-14/h1-5,7-8,15H,6,9-11,13H2. The number of para-hydroxylation sites is 1. The van der Waals surface area contributed by atoms with Crippen molar-refractivity contribution in [2.24, 2.45) is 0 Å². The largest absolute Gasteiger partial charge is 0.492 e. The molecule has 0 aliphatic carbocycles. The number of hydrogen-bond acceptors (Lipinski definition) is 7. The van der Waals surface area contributed by atoms with Gasteiger partial charge in [0.15, 0.2) is 0 Å². The Balaban J connectivity index is 1.53. The molecule has 1 aliphatic heterocycles. The Morgan fingerprint density at radius 2 is 2.00 bits per heavy atom. The van der Waals surface area contributed by atoms with Gasteiger partial charge in [0.1, 0.15) is 24.5 Å². The van der Waals surface area contributed by atoms with Gasteiger partial charge in [-0.3, -0.25) is 0 Å². The summed E-state index contributed by atoms with van der Waals surface area (Å²) in [7, 11) is -3.44. The lowest BCUT2D eigenvalue weighted by Gasteiger charge is -2.17. The highest BCUT2D eigenvalue weighted by Crippen LogP contribution is 2.20. The first kappa shape index (κ1) is 18.1. The second-order valence-electron chi connectivity index (χ2n) is 5.69. The van der Waals surface area contributed by atoms with Crippen LogP contribution in [0.25, 0.3) is 0 Å². The Labute approximate surface area is 152 Å². The van der Waals surface area contributed by atoms with Crippen molar-refractivity contribution in [3.63, 3.8) is 0 Å². The third kappa shape index (κ3) is 4.47. The third-order valence-electron chi connectivity index (χ3n) is 3.90. The maximum Gasteiger partial charge on any atom is 0.251 e. The van der Waals surface area contributed by atoms with Crippen LogP contribution in [0.1, 0.15) is 12.1 Å². The molecule has 2 heterocycles. The van der Waals surface area contributed by atoms with Gasteiger partial charge in [-0.1, -0.05) is 18.2 Å². The molecule has 0 radical (unpaired) electrons. The molecule has 0 spiro atoms. The van der Waals surface area contributed by atoms with Crippen LogP contribution >= 0.6 is 0 Å². The van der Waals surface area contributed by atoms with E-state index in [4.69, 9.17) is 14.7 Å². The van der Waals surface area contributed by atoms with E-state index in [9.17, 15) is 8.42 Å². The average molecular weight is 374 g/mol. The van der Waals surface area contributed by atoms with E-state index in [0.29, 0.717) is 18.7 Å². The fourth-order valence-corrected chi connectivity index (χ4v) is 3.93. The predicted molar refractivity (Wildman–Crippen MR) is 93.1 cm³/mol. The van der Waals surface area contributed by atoms with Crippen LogP contribution in [0.4, 0.5) is 0 Å². The minimum atomic E-state index is -3.44. The number of nitriles is 1. The van der Waals surface area contributed by atoms with Crippen molar-refractivity contribution < 1.29 is 17.9 Å². The first-order valence-corrected chi connectivity index (χ1v) is 9.73. The summed E-state index contributed by atoms with van der Waals surface area (Å²) in [4.78, 5) is 7.87. The Morgan fingerprint density at radius 3 is 2.77 bits per heavy atom. The summed E-state index contributed by atoms with van der Waals surface area (Å²) in [6.45, 7) is 0.659. The fourth-order valence-electron chi connectivity index (χ4n) is 2.60. The average Bonchev–Trinajstić information content (AvgIpc) is 3.12. The predicted octanol–water partition coefficient (Wildman–Crippen LogP) is 1.21. The first-order valence-electron chi connectivity index (χ1n) is 8.12. The van der Waals surface area contributed by atoms with Crippen molar-refractivity contribution in [2.75, 3.05) is 25.4 Å². The molecule has 0 N–H and O–H groups in total. The highest BCUT2D eigenvalue weighted by Gasteiger charge is 2.33. The second kappa shape index (κ2) is 8.12. The molecule has 1 aliphatic rings. The van der Waals surface area contributed by atoms with Crippen LogP contribution in [-0.2, 0) is 10.0 Å². The molecule has 1 aromatic heterocycles. The van der Waals surface area contributed by atoms with Gasteiger partial charge in [-0.05, 0) is 18.6 Å². The number of aromatic nitrogens is 2. The van der Waals surface area contributed by atoms with Crippen molar-refractivity contribution in [1.29, 1.82) is 5.26 Å². The summed E-state index contributed by atoms with van der Waals surface area (Å²) in [5.74, 6) is 0.659. The number of nitrogens with zero attached hydrogens (tertiary/aromatic N) is 4. The summed E-state index contributed by atoms with van der Waals surface area (Å²) in [5, 5.41) is 9.01. The first-order chi connectivity index (χ1) is 12.6. The molecule has 136 valence electrons. The third-order valence-corrected chi connectivity index (χ3v) is 5.70. The molecule has 1 unspecified atom stereocenters. The summed E-state index contributed by atoms with van der Waals surface area (Å²) in [6.07, 6.45) is 3.01. The molecule has 2 aromatic rings. The van der Waals surface area contributed by atoms with Gasteiger partial charge in [0, 0.05) is 18.9 Å². The summed E-state index contributed by atoms with van der Waals surface area (Å²) < 4.78 is 37.4. The van der Waals surface area contributed by atoms with Gasteiger partial charge in [0.05, 0.1) is 12.3 Å². The molecule has 0 bridgehead atoms. The van der Waals surface area contributed by atoms with E-state index >= 15 is 0 Å². The zero-order valence-corrected chi connectivity index (χ0v) is 14.8. The van der Waals surface area contributed by atoms with Crippen LogP contribution in [-0.4, -0.2) is 54.2 Å². The van der Waals surface area contributed by atoms with Gasteiger partial charge in [0.2, 0.25) is 15.7 Å². The van der Waals surface area contributed by atoms with Gasteiger partial charge in [-0.2, -0.15) is 9.57 Å². The quantitative estimate of drug-likeness (QED) is 0.717. The zero-order chi connectivity index (χ0) is 18.4. The maximum absolute atomic E-state index is 12.5. The van der Waals surface area contributed by atoms with E-state index in [-0.39, 0.29) is 36.6 Å². The normalized spacial score (nSPS) is 17.6. The number of rotatable bonds is 7. The smallest absolute Gasteiger partial charge is 0.251 e. The summed E-state index contributed by atoms with van der Waals surface area (Å²) in [5.41, 5.74) is 0.0880. The molecule has 26 heavy (non-hydrogen) atoms. The topological polar surface area (TPSA) is 105 Å². The Morgan fingerprint density at radius 1 is 1.23 bits per heavy atom. The molecule has 3 rings (SSSR count). The highest BCUT2D eigenvalue weighted by molar-refractivity contribution is 7.89. The lowest BCUT2D eigenvalue weighted by Crippen LogP contribution is -2.34. The minimum absolute atomic E-state index is 0.0805. The maximum atomic E-state index is 12.5. The molecule has 0 amide bonds. The van der Waals surface area contributed by atoms with Crippen LogP contribution < -0.4 is 9.47 Å². The molecule has 0 saturated carbocycles. The van der Waals surface area contributed by atoms with Crippen molar-refractivity contribution in [2.45, 2.75) is 12.5 Å². The van der Waals surface area contributed by atoms with Gasteiger partial charge in [-0.15, -0.1) is 0 Å². The summed E-state index contributed by atoms with van der Waals surface area (Å²) in [6, 6.07) is 11.0. The van der Waals surface area contributed by atoms with Gasteiger partial charge in [-0.25, -0.2) is 18.4 Å². The molecule has 9 heteroatoms. The number of benzene rings is 1. The number of hydrogen-bond donors (Lipinski definition) is 0. The van der Waals surface area contributed by atoms with Gasteiger partial charge < -0.3 is 9.47 Å². The van der Waals surface area contributed by atoms with Crippen LogP contribution in [0, 0.1) is 11.3 Å².